The zero-order valence-corrected chi connectivity index (χ0v) is 12.6. The second kappa shape index (κ2) is 5.28. The maximum atomic E-state index is 2.34. The number of hydrogen-bond acceptors (Lipinski definition) is 0. The molecule has 0 heteroatoms. The minimum atomic E-state index is 0.646. The molecule has 2 aromatic carbocycles. The van der Waals surface area contributed by atoms with Crippen LogP contribution < -0.4 is 0 Å². The van der Waals surface area contributed by atoms with E-state index in [4.69, 9.17) is 0 Å². The van der Waals surface area contributed by atoms with Crippen LogP contribution >= 0.6 is 0 Å². The van der Waals surface area contributed by atoms with Crippen LogP contribution in [0.2, 0.25) is 0 Å². The molecular weight excluding hydrogens is 240 g/mol. The molecule has 0 spiro atoms. The fourth-order valence-corrected chi connectivity index (χ4v) is 3.01. The van der Waals surface area contributed by atoms with Gasteiger partial charge in [0.05, 0.1) is 0 Å². The predicted molar refractivity (Wildman–Crippen MR) is 87.9 cm³/mol. The molecule has 0 heterocycles. The highest BCUT2D eigenvalue weighted by Gasteiger charge is 2.14. The summed E-state index contributed by atoms with van der Waals surface area (Å²) in [4.78, 5) is 0. The zero-order valence-electron chi connectivity index (χ0n) is 12.6. The second-order valence-corrected chi connectivity index (χ2v) is 5.98. The van der Waals surface area contributed by atoms with Gasteiger partial charge in [0.25, 0.3) is 0 Å². The summed E-state index contributed by atoms with van der Waals surface area (Å²) in [5.41, 5.74) is 8.49. The van der Waals surface area contributed by atoms with E-state index in [1.54, 1.807) is 0 Å². The van der Waals surface area contributed by atoms with Crippen molar-refractivity contribution in [2.45, 2.75) is 39.5 Å². The fourth-order valence-electron chi connectivity index (χ4n) is 3.01. The van der Waals surface area contributed by atoms with E-state index in [9.17, 15) is 0 Å². The van der Waals surface area contributed by atoms with Gasteiger partial charge in [0.1, 0.15) is 0 Å². The lowest BCUT2D eigenvalue weighted by atomic mass is 9.93. The van der Waals surface area contributed by atoms with E-state index in [0.29, 0.717) is 5.92 Å². The van der Waals surface area contributed by atoms with Crippen molar-refractivity contribution >= 4 is 6.08 Å². The van der Waals surface area contributed by atoms with Crippen molar-refractivity contribution in [3.05, 3.63) is 64.7 Å². The number of rotatable bonds is 3. The Morgan fingerprint density at radius 1 is 1.05 bits per heavy atom. The summed E-state index contributed by atoms with van der Waals surface area (Å²) >= 11 is 0. The molecule has 0 N–H and O–H groups in total. The van der Waals surface area contributed by atoms with Gasteiger partial charge < -0.3 is 0 Å². The van der Waals surface area contributed by atoms with Crippen molar-refractivity contribution in [2.75, 3.05) is 0 Å². The molecule has 0 radical (unpaired) electrons. The van der Waals surface area contributed by atoms with Gasteiger partial charge in [-0.2, -0.15) is 0 Å². The Hall–Kier alpha value is -1.82. The van der Waals surface area contributed by atoms with E-state index in [1.807, 2.05) is 0 Å². The lowest BCUT2D eigenvalue weighted by molar-refractivity contribution is 0.734. The Balaban J connectivity index is 2.01. The lowest BCUT2D eigenvalue weighted by Crippen LogP contribution is -1.92. The normalized spacial score (nSPS) is 14.8. The van der Waals surface area contributed by atoms with Gasteiger partial charge in [0, 0.05) is 0 Å². The van der Waals surface area contributed by atoms with Crippen molar-refractivity contribution in [3.63, 3.8) is 0 Å². The third-order valence-electron chi connectivity index (χ3n) is 4.46. The molecule has 1 aliphatic carbocycles. The van der Waals surface area contributed by atoms with E-state index >= 15 is 0 Å². The minimum Gasteiger partial charge on any atom is -0.0683 e. The van der Waals surface area contributed by atoms with Crippen LogP contribution in [0.1, 0.15) is 49.8 Å². The highest BCUT2D eigenvalue weighted by molar-refractivity contribution is 5.80. The molecule has 102 valence electrons. The lowest BCUT2D eigenvalue weighted by Gasteiger charge is -2.12. The first-order valence-electron chi connectivity index (χ1n) is 7.58. The molecule has 1 atom stereocenters. The van der Waals surface area contributed by atoms with Crippen LogP contribution in [-0.4, -0.2) is 0 Å². The minimum absolute atomic E-state index is 0.646. The predicted octanol–water partition coefficient (Wildman–Crippen LogP) is 5.83. The number of allylic oxidation sites excluding steroid dienone is 1. The standard InChI is InChI=1S/C20H22/c1-4-15(3)16-8-10-17(11-9-16)19-7-5-6-18-12-14(2)13-20(18)19/h5-11,13,15H,4,12H2,1-3H3. The Kier molecular flexibility index (Phi) is 3.48. The first kappa shape index (κ1) is 13.2. The van der Waals surface area contributed by atoms with Gasteiger partial charge in [-0.15, -0.1) is 0 Å². The summed E-state index contributed by atoms with van der Waals surface area (Å²) in [5.74, 6) is 0.646. The highest BCUT2D eigenvalue weighted by Crippen LogP contribution is 2.34. The number of hydrogen-bond donors (Lipinski definition) is 0. The molecule has 0 fully saturated rings. The second-order valence-electron chi connectivity index (χ2n) is 5.98. The van der Waals surface area contributed by atoms with E-state index in [1.165, 1.54) is 39.8 Å². The average Bonchev–Trinajstić information content (AvgIpc) is 2.86. The summed E-state index contributed by atoms with van der Waals surface area (Å²) in [6.07, 6.45) is 4.64. The number of benzene rings is 2. The third kappa shape index (κ3) is 2.31. The molecular formula is C20H22. The molecule has 1 aliphatic rings. The molecule has 0 aromatic heterocycles. The molecule has 1 unspecified atom stereocenters. The van der Waals surface area contributed by atoms with Crippen molar-refractivity contribution in [1.29, 1.82) is 0 Å². The topological polar surface area (TPSA) is 0 Å². The summed E-state index contributed by atoms with van der Waals surface area (Å²) < 4.78 is 0. The fraction of sp³-hybridized carbons (Fsp3) is 0.300. The van der Waals surface area contributed by atoms with Crippen molar-refractivity contribution in [3.8, 4) is 11.1 Å². The smallest absolute Gasteiger partial charge is 0.00604 e. The number of fused-ring (bicyclic) bond motifs is 1. The zero-order chi connectivity index (χ0) is 14.1. The quantitative estimate of drug-likeness (QED) is 0.653. The third-order valence-corrected chi connectivity index (χ3v) is 4.46. The van der Waals surface area contributed by atoms with Gasteiger partial charge in [-0.3, -0.25) is 0 Å². The Bertz CT molecular complexity index is 644. The van der Waals surface area contributed by atoms with E-state index in [2.05, 4.69) is 69.3 Å². The summed E-state index contributed by atoms with van der Waals surface area (Å²) in [5, 5.41) is 0. The van der Waals surface area contributed by atoms with Gasteiger partial charge in [-0.1, -0.05) is 68.0 Å². The van der Waals surface area contributed by atoms with Gasteiger partial charge in [-0.05, 0) is 53.5 Å². The van der Waals surface area contributed by atoms with Crippen LogP contribution in [0.5, 0.6) is 0 Å². The van der Waals surface area contributed by atoms with Crippen LogP contribution in [0.25, 0.3) is 17.2 Å². The molecule has 20 heavy (non-hydrogen) atoms. The van der Waals surface area contributed by atoms with Gasteiger partial charge in [0.15, 0.2) is 0 Å². The van der Waals surface area contributed by atoms with Crippen LogP contribution in [0.15, 0.2) is 48.0 Å². The van der Waals surface area contributed by atoms with Crippen LogP contribution in [0.3, 0.4) is 0 Å². The maximum Gasteiger partial charge on any atom is -0.00604 e. The van der Waals surface area contributed by atoms with E-state index < -0.39 is 0 Å². The average molecular weight is 262 g/mol. The van der Waals surface area contributed by atoms with E-state index in [0.717, 1.165) is 6.42 Å². The summed E-state index contributed by atoms with van der Waals surface area (Å²) in [6, 6.07) is 15.8. The van der Waals surface area contributed by atoms with Gasteiger partial charge in [0.2, 0.25) is 0 Å². The Morgan fingerprint density at radius 3 is 2.50 bits per heavy atom. The SMILES string of the molecule is CCC(C)c1ccc(-c2cccc3c2C=C(C)C3)cc1. The molecule has 0 saturated heterocycles. The van der Waals surface area contributed by atoms with Crippen molar-refractivity contribution < 1.29 is 0 Å². The molecule has 0 amide bonds. The first-order valence-corrected chi connectivity index (χ1v) is 7.58. The molecule has 2 aromatic rings. The largest absolute Gasteiger partial charge is 0.0683 e. The summed E-state index contributed by atoms with van der Waals surface area (Å²) in [7, 11) is 0. The maximum absolute atomic E-state index is 2.34. The van der Waals surface area contributed by atoms with Crippen LogP contribution in [0.4, 0.5) is 0 Å². The van der Waals surface area contributed by atoms with Crippen LogP contribution in [0, 0.1) is 0 Å². The van der Waals surface area contributed by atoms with Crippen LogP contribution in [-0.2, 0) is 6.42 Å². The Labute approximate surface area is 122 Å². The monoisotopic (exact) mass is 262 g/mol. The first-order chi connectivity index (χ1) is 9.69. The molecule has 0 nitrogen and oxygen atoms in total. The Morgan fingerprint density at radius 2 is 1.80 bits per heavy atom. The highest BCUT2D eigenvalue weighted by atomic mass is 14.2. The van der Waals surface area contributed by atoms with Crippen molar-refractivity contribution in [2.24, 2.45) is 0 Å². The van der Waals surface area contributed by atoms with Crippen molar-refractivity contribution in [1.82, 2.24) is 0 Å². The molecule has 0 aliphatic heterocycles. The molecule has 0 bridgehead atoms. The summed E-state index contributed by atoms with van der Waals surface area (Å²) in [6.45, 7) is 6.76. The van der Waals surface area contributed by atoms with Gasteiger partial charge in [-0.25, -0.2) is 0 Å². The molecule has 0 saturated carbocycles. The van der Waals surface area contributed by atoms with Gasteiger partial charge >= 0.3 is 0 Å². The van der Waals surface area contributed by atoms with E-state index in [-0.39, 0.29) is 0 Å². The molecule has 3 rings (SSSR count).